The number of hydrogen-bond donors (Lipinski definition) is 2. The minimum atomic E-state index is -0.571. The zero-order valence-electron chi connectivity index (χ0n) is 12.0. The summed E-state index contributed by atoms with van der Waals surface area (Å²) in [5, 5.41) is 16.7. The van der Waals surface area contributed by atoms with Crippen molar-refractivity contribution >= 4 is 40.5 Å². The first-order valence-electron chi connectivity index (χ1n) is 6.28. The number of nitrogens with one attached hydrogen (secondary N) is 2. The van der Waals surface area contributed by atoms with E-state index in [1.54, 1.807) is 0 Å². The fourth-order valence-electron chi connectivity index (χ4n) is 1.62. The molecule has 0 spiro atoms. The fourth-order valence-corrected chi connectivity index (χ4v) is 2.23. The maximum absolute atomic E-state index is 11.7. The molecule has 116 valence electrons. The van der Waals surface area contributed by atoms with Crippen LogP contribution in [0.25, 0.3) is 0 Å². The first-order valence-corrected chi connectivity index (χ1v) is 7.04. The van der Waals surface area contributed by atoms with Gasteiger partial charge in [-0.25, -0.2) is 0 Å². The molecule has 1 aromatic rings. The van der Waals surface area contributed by atoms with Crippen LogP contribution in [0.2, 0.25) is 10.0 Å². The van der Waals surface area contributed by atoms with E-state index in [2.05, 4.69) is 10.6 Å². The van der Waals surface area contributed by atoms with Crippen molar-refractivity contribution in [1.29, 1.82) is 0 Å². The molecule has 0 saturated carbocycles. The Balaban J connectivity index is 2.64. The number of anilines is 1. The Morgan fingerprint density at radius 3 is 2.24 bits per heavy atom. The molecule has 0 heterocycles. The second-order valence-electron chi connectivity index (χ2n) is 5.52. The van der Waals surface area contributed by atoms with Crippen molar-refractivity contribution in [3.63, 3.8) is 0 Å². The second-order valence-corrected chi connectivity index (χ2v) is 6.33. The van der Waals surface area contributed by atoms with Gasteiger partial charge in [-0.15, -0.1) is 0 Å². The highest BCUT2D eigenvalue weighted by Gasteiger charge is 2.16. The molecule has 1 aromatic carbocycles. The molecule has 6 nitrogen and oxygen atoms in total. The molecule has 0 atom stereocenters. The second kappa shape index (κ2) is 6.95. The van der Waals surface area contributed by atoms with Crippen LogP contribution in [0.4, 0.5) is 11.4 Å². The molecule has 8 heteroatoms. The summed E-state index contributed by atoms with van der Waals surface area (Å²) in [7, 11) is 0. The van der Waals surface area contributed by atoms with Crippen LogP contribution in [0.15, 0.2) is 12.1 Å². The van der Waals surface area contributed by atoms with Gasteiger partial charge in [0.05, 0.1) is 20.7 Å². The van der Waals surface area contributed by atoms with Crippen molar-refractivity contribution in [2.45, 2.75) is 32.7 Å². The van der Waals surface area contributed by atoms with Crippen molar-refractivity contribution < 1.29 is 9.72 Å². The van der Waals surface area contributed by atoms with Crippen molar-refractivity contribution in [3.05, 3.63) is 32.3 Å². The Labute approximate surface area is 133 Å². The summed E-state index contributed by atoms with van der Waals surface area (Å²) in [4.78, 5) is 21.8. The van der Waals surface area contributed by atoms with Crippen molar-refractivity contribution in [2.24, 2.45) is 0 Å². The van der Waals surface area contributed by atoms with E-state index in [1.807, 2.05) is 20.8 Å². The summed E-state index contributed by atoms with van der Waals surface area (Å²) < 4.78 is 0. The Hall–Kier alpha value is -1.53. The van der Waals surface area contributed by atoms with E-state index in [0.717, 1.165) is 0 Å². The van der Waals surface area contributed by atoms with E-state index in [4.69, 9.17) is 23.2 Å². The molecule has 1 rings (SSSR count). The van der Waals surface area contributed by atoms with Crippen LogP contribution >= 0.6 is 23.2 Å². The molecule has 0 fully saturated rings. The SMILES string of the molecule is CC(C)(C)NC(=O)CCNc1c(Cl)cc([N+](=O)[O-])cc1Cl. The summed E-state index contributed by atoms with van der Waals surface area (Å²) in [6, 6.07) is 2.43. The fraction of sp³-hybridized carbons (Fsp3) is 0.462. The molecule has 0 radical (unpaired) electrons. The quantitative estimate of drug-likeness (QED) is 0.636. The molecule has 1 amide bonds. The zero-order chi connectivity index (χ0) is 16.2. The third-order valence-electron chi connectivity index (χ3n) is 2.41. The first-order chi connectivity index (χ1) is 9.60. The average Bonchev–Trinajstić information content (AvgIpc) is 2.29. The van der Waals surface area contributed by atoms with Gasteiger partial charge in [-0.1, -0.05) is 23.2 Å². The number of amides is 1. The van der Waals surface area contributed by atoms with Crippen LogP contribution in [0, 0.1) is 10.1 Å². The van der Waals surface area contributed by atoms with Crippen LogP contribution in [-0.4, -0.2) is 22.9 Å². The highest BCUT2D eigenvalue weighted by Crippen LogP contribution is 2.34. The van der Waals surface area contributed by atoms with Gasteiger partial charge in [0, 0.05) is 30.6 Å². The van der Waals surface area contributed by atoms with Gasteiger partial charge < -0.3 is 10.6 Å². The van der Waals surface area contributed by atoms with Crippen molar-refractivity contribution in [2.75, 3.05) is 11.9 Å². The molecule has 0 aliphatic carbocycles. The number of halogens is 2. The van der Waals surface area contributed by atoms with E-state index in [0.29, 0.717) is 12.2 Å². The molecule has 0 bridgehead atoms. The van der Waals surface area contributed by atoms with Gasteiger partial charge in [0.1, 0.15) is 0 Å². The molecule has 2 N–H and O–H groups in total. The van der Waals surface area contributed by atoms with Gasteiger partial charge in [-0.3, -0.25) is 14.9 Å². The largest absolute Gasteiger partial charge is 0.382 e. The van der Waals surface area contributed by atoms with Crippen molar-refractivity contribution in [1.82, 2.24) is 5.32 Å². The van der Waals surface area contributed by atoms with Crippen LogP contribution in [0.1, 0.15) is 27.2 Å². The molecule has 0 aromatic heterocycles. The number of carbonyl (C=O) groups is 1. The molecular weight excluding hydrogens is 317 g/mol. The topological polar surface area (TPSA) is 84.3 Å². The molecule has 0 aliphatic heterocycles. The Morgan fingerprint density at radius 2 is 1.81 bits per heavy atom. The maximum atomic E-state index is 11.7. The van der Waals surface area contributed by atoms with Crippen LogP contribution in [0.5, 0.6) is 0 Å². The predicted octanol–water partition coefficient (Wildman–Crippen LogP) is 3.62. The van der Waals surface area contributed by atoms with E-state index in [9.17, 15) is 14.9 Å². The summed E-state index contributed by atoms with van der Waals surface area (Å²) >= 11 is 11.9. The van der Waals surface area contributed by atoms with Gasteiger partial charge in [-0.05, 0) is 20.8 Å². The van der Waals surface area contributed by atoms with Crippen LogP contribution in [0.3, 0.4) is 0 Å². The highest BCUT2D eigenvalue weighted by atomic mass is 35.5. The standard InChI is InChI=1S/C13H17Cl2N3O3/c1-13(2,3)17-11(19)4-5-16-12-9(14)6-8(18(20)21)7-10(12)15/h6-7,16H,4-5H2,1-3H3,(H,17,19). The number of benzene rings is 1. The van der Waals surface area contributed by atoms with Crippen LogP contribution in [-0.2, 0) is 4.79 Å². The number of hydrogen-bond acceptors (Lipinski definition) is 4. The van der Waals surface area contributed by atoms with E-state index in [-0.39, 0.29) is 33.6 Å². The lowest BCUT2D eigenvalue weighted by Crippen LogP contribution is -2.41. The molecule has 0 aliphatic rings. The number of nitro groups is 1. The normalized spacial score (nSPS) is 11.1. The minimum Gasteiger partial charge on any atom is -0.382 e. The van der Waals surface area contributed by atoms with Crippen LogP contribution < -0.4 is 10.6 Å². The Kier molecular flexibility index (Phi) is 5.80. The van der Waals surface area contributed by atoms with Gasteiger partial charge >= 0.3 is 0 Å². The molecule has 0 unspecified atom stereocenters. The molecule has 21 heavy (non-hydrogen) atoms. The van der Waals surface area contributed by atoms with Gasteiger partial charge in [-0.2, -0.15) is 0 Å². The van der Waals surface area contributed by atoms with Gasteiger partial charge in [0.2, 0.25) is 5.91 Å². The summed E-state index contributed by atoms with van der Waals surface area (Å²) in [6.07, 6.45) is 0.237. The van der Waals surface area contributed by atoms with Gasteiger partial charge in [0.25, 0.3) is 5.69 Å². The van der Waals surface area contributed by atoms with E-state index in [1.165, 1.54) is 12.1 Å². The van der Waals surface area contributed by atoms with E-state index < -0.39 is 4.92 Å². The monoisotopic (exact) mass is 333 g/mol. The summed E-state index contributed by atoms with van der Waals surface area (Å²) in [5.74, 6) is -0.107. The van der Waals surface area contributed by atoms with E-state index >= 15 is 0 Å². The smallest absolute Gasteiger partial charge is 0.272 e. The number of nitro benzene ring substituents is 1. The van der Waals surface area contributed by atoms with Gasteiger partial charge in [0.15, 0.2) is 0 Å². The molecule has 0 saturated heterocycles. The zero-order valence-corrected chi connectivity index (χ0v) is 13.5. The lowest BCUT2D eigenvalue weighted by molar-refractivity contribution is -0.384. The number of carbonyl (C=O) groups excluding carboxylic acids is 1. The average molecular weight is 334 g/mol. The Morgan fingerprint density at radius 1 is 1.29 bits per heavy atom. The lowest BCUT2D eigenvalue weighted by Gasteiger charge is -2.20. The minimum absolute atomic E-state index is 0.107. The number of nitrogens with zero attached hydrogens (tertiary/aromatic N) is 1. The van der Waals surface area contributed by atoms with Crippen molar-refractivity contribution in [3.8, 4) is 0 Å². The first kappa shape index (κ1) is 17.5. The maximum Gasteiger partial charge on any atom is 0.272 e. The summed E-state index contributed by atoms with van der Waals surface area (Å²) in [6.45, 7) is 5.99. The third-order valence-corrected chi connectivity index (χ3v) is 3.00. The number of non-ortho nitro benzene ring substituents is 1. The predicted molar refractivity (Wildman–Crippen MR) is 84.1 cm³/mol. The molecular formula is C13H17Cl2N3O3. The lowest BCUT2D eigenvalue weighted by atomic mass is 10.1. The Bertz CT molecular complexity index is 533. The number of rotatable bonds is 5. The third kappa shape index (κ3) is 5.77. The summed E-state index contributed by atoms with van der Waals surface area (Å²) in [5.41, 5.74) is -0.0896. The highest BCUT2D eigenvalue weighted by molar-refractivity contribution is 6.39.